The van der Waals surface area contributed by atoms with Crippen molar-refractivity contribution >= 4 is 33.6 Å². The Kier molecular flexibility index (Phi) is 3.78. The number of nitrogens with one attached hydrogen (secondary N) is 1. The minimum Gasteiger partial charge on any atom is -0.379 e. The van der Waals surface area contributed by atoms with E-state index in [2.05, 4.69) is 10.3 Å². The van der Waals surface area contributed by atoms with E-state index in [0.717, 1.165) is 27.6 Å². The minimum absolute atomic E-state index is 0.151. The number of nitro groups is 1. The van der Waals surface area contributed by atoms with Gasteiger partial charge in [0.25, 0.3) is 0 Å². The van der Waals surface area contributed by atoms with Crippen LogP contribution in [-0.4, -0.2) is 9.91 Å². The van der Waals surface area contributed by atoms with E-state index in [1.807, 2.05) is 13.0 Å². The summed E-state index contributed by atoms with van der Waals surface area (Å²) in [4.78, 5) is 15.2. The Morgan fingerprint density at radius 2 is 2.22 bits per heavy atom. The summed E-state index contributed by atoms with van der Waals surface area (Å²) < 4.78 is 0. The number of aryl methyl sites for hydroxylation is 1. The van der Waals surface area contributed by atoms with E-state index in [0.29, 0.717) is 11.7 Å². The lowest BCUT2D eigenvalue weighted by Gasteiger charge is -2.07. The van der Waals surface area contributed by atoms with Crippen LogP contribution in [0.15, 0.2) is 24.3 Å². The lowest BCUT2D eigenvalue weighted by molar-refractivity contribution is -0.380. The van der Waals surface area contributed by atoms with Crippen molar-refractivity contribution in [2.45, 2.75) is 13.5 Å². The highest BCUT2D eigenvalue weighted by atomic mass is 35.5. The summed E-state index contributed by atoms with van der Waals surface area (Å²) in [6, 6.07) is 6.80. The molecular formula is C11H10ClN3O2S. The van der Waals surface area contributed by atoms with E-state index in [1.165, 1.54) is 6.07 Å². The van der Waals surface area contributed by atoms with Gasteiger partial charge in [0.2, 0.25) is 0 Å². The van der Waals surface area contributed by atoms with Crippen molar-refractivity contribution in [2.75, 3.05) is 5.32 Å². The van der Waals surface area contributed by atoms with Crippen LogP contribution in [-0.2, 0) is 6.54 Å². The molecule has 0 unspecified atom stereocenters. The molecule has 18 heavy (non-hydrogen) atoms. The first-order valence-corrected chi connectivity index (χ1v) is 6.36. The largest absolute Gasteiger partial charge is 0.379 e. The molecule has 94 valence electrons. The van der Waals surface area contributed by atoms with Gasteiger partial charge in [-0.05, 0) is 25.1 Å². The van der Waals surface area contributed by atoms with Gasteiger partial charge in [-0.2, -0.15) is 0 Å². The Balaban J connectivity index is 2.04. The van der Waals surface area contributed by atoms with Crippen molar-refractivity contribution in [3.05, 3.63) is 50.1 Å². The van der Waals surface area contributed by atoms with Crippen molar-refractivity contribution in [3.63, 3.8) is 0 Å². The normalized spacial score (nSPS) is 10.3. The van der Waals surface area contributed by atoms with E-state index < -0.39 is 0 Å². The first-order chi connectivity index (χ1) is 8.56. The van der Waals surface area contributed by atoms with E-state index in [9.17, 15) is 10.1 Å². The lowest BCUT2D eigenvalue weighted by atomic mass is 10.3. The van der Waals surface area contributed by atoms with Gasteiger partial charge in [-0.25, -0.2) is 4.98 Å². The second-order valence-corrected chi connectivity index (χ2v) is 5.15. The number of nitrogens with zero attached hydrogens (tertiary/aromatic N) is 2. The molecule has 0 aliphatic carbocycles. The number of pyridine rings is 1. The minimum atomic E-state index is -0.386. The molecule has 2 aromatic rings. The number of halogens is 1. The fourth-order valence-corrected chi connectivity index (χ4v) is 2.41. The topological polar surface area (TPSA) is 68.1 Å². The van der Waals surface area contributed by atoms with Crippen LogP contribution in [0.3, 0.4) is 0 Å². The second kappa shape index (κ2) is 5.32. The van der Waals surface area contributed by atoms with Gasteiger partial charge in [-0.1, -0.05) is 22.9 Å². The molecule has 7 heteroatoms. The van der Waals surface area contributed by atoms with Gasteiger partial charge in [-0.15, -0.1) is 0 Å². The Bertz CT molecular complexity index is 585. The maximum absolute atomic E-state index is 10.6. The standard InChI is InChI=1S/C11H10ClN3O2S/c1-7-9(3-4-10(12)14-7)13-6-8-2-5-11(18-8)15(16)17/h2-5,13H,6H2,1H3. The molecule has 2 aromatic heterocycles. The zero-order valence-corrected chi connectivity index (χ0v) is 11.1. The van der Waals surface area contributed by atoms with E-state index in [1.54, 1.807) is 12.1 Å². The van der Waals surface area contributed by atoms with Crippen LogP contribution in [0.2, 0.25) is 5.15 Å². The van der Waals surface area contributed by atoms with Gasteiger partial charge in [-0.3, -0.25) is 10.1 Å². The molecule has 0 aromatic carbocycles. The molecule has 0 aliphatic heterocycles. The first kappa shape index (κ1) is 12.8. The van der Waals surface area contributed by atoms with Crippen LogP contribution < -0.4 is 5.32 Å². The molecule has 0 saturated heterocycles. The van der Waals surface area contributed by atoms with Crippen LogP contribution in [0.4, 0.5) is 10.7 Å². The molecule has 0 fully saturated rings. The number of rotatable bonds is 4. The number of hydrogen-bond acceptors (Lipinski definition) is 5. The van der Waals surface area contributed by atoms with Gasteiger partial charge in [0.05, 0.1) is 16.3 Å². The quantitative estimate of drug-likeness (QED) is 0.528. The predicted octanol–water partition coefficient (Wildman–Crippen LogP) is 3.63. The average molecular weight is 284 g/mol. The van der Waals surface area contributed by atoms with Crippen LogP contribution in [0.1, 0.15) is 10.6 Å². The van der Waals surface area contributed by atoms with E-state index >= 15 is 0 Å². The fraction of sp³-hybridized carbons (Fsp3) is 0.182. The Morgan fingerprint density at radius 3 is 2.83 bits per heavy atom. The van der Waals surface area contributed by atoms with Crippen molar-refractivity contribution in [1.29, 1.82) is 0 Å². The third-order valence-corrected chi connectivity index (χ3v) is 3.58. The zero-order chi connectivity index (χ0) is 13.1. The Hall–Kier alpha value is -1.66. The molecule has 0 radical (unpaired) electrons. The van der Waals surface area contributed by atoms with Crippen LogP contribution in [0.5, 0.6) is 0 Å². The number of aromatic nitrogens is 1. The lowest BCUT2D eigenvalue weighted by Crippen LogP contribution is -2.00. The molecule has 0 amide bonds. The van der Waals surface area contributed by atoms with E-state index in [-0.39, 0.29) is 9.92 Å². The van der Waals surface area contributed by atoms with Gasteiger partial charge in [0.1, 0.15) is 5.15 Å². The molecule has 5 nitrogen and oxygen atoms in total. The average Bonchev–Trinajstić information content (AvgIpc) is 2.76. The number of anilines is 1. The number of hydrogen-bond donors (Lipinski definition) is 1. The highest BCUT2D eigenvalue weighted by Gasteiger charge is 2.09. The molecule has 0 spiro atoms. The second-order valence-electron chi connectivity index (χ2n) is 3.62. The van der Waals surface area contributed by atoms with E-state index in [4.69, 9.17) is 11.6 Å². The SMILES string of the molecule is Cc1nc(Cl)ccc1NCc1ccc([N+](=O)[O-])s1. The van der Waals surface area contributed by atoms with Crippen LogP contribution in [0, 0.1) is 17.0 Å². The summed E-state index contributed by atoms with van der Waals surface area (Å²) >= 11 is 6.92. The van der Waals surface area contributed by atoms with Gasteiger partial charge >= 0.3 is 5.00 Å². The van der Waals surface area contributed by atoms with Gasteiger partial charge in [0, 0.05) is 17.5 Å². The summed E-state index contributed by atoms with van der Waals surface area (Å²) in [7, 11) is 0. The molecule has 0 atom stereocenters. The van der Waals surface area contributed by atoms with Crippen molar-refractivity contribution in [1.82, 2.24) is 4.98 Å². The fourth-order valence-electron chi connectivity index (χ4n) is 1.46. The highest BCUT2D eigenvalue weighted by Crippen LogP contribution is 2.25. The Morgan fingerprint density at radius 1 is 1.44 bits per heavy atom. The molecule has 0 saturated carbocycles. The third kappa shape index (κ3) is 2.96. The summed E-state index contributed by atoms with van der Waals surface area (Å²) in [6.07, 6.45) is 0. The first-order valence-electron chi connectivity index (χ1n) is 5.16. The van der Waals surface area contributed by atoms with Crippen LogP contribution >= 0.6 is 22.9 Å². The van der Waals surface area contributed by atoms with Crippen LogP contribution in [0.25, 0.3) is 0 Å². The van der Waals surface area contributed by atoms with Crippen molar-refractivity contribution in [3.8, 4) is 0 Å². The smallest absolute Gasteiger partial charge is 0.324 e. The summed E-state index contributed by atoms with van der Waals surface area (Å²) in [5, 5.41) is 14.3. The maximum atomic E-state index is 10.6. The molecule has 1 N–H and O–H groups in total. The third-order valence-electron chi connectivity index (χ3n) is 2.33. The van der Waals surface area contributed by atoms with Crippen molar-refractivity contribution < 1.29 is 4.92 Å². The molecule has 0 bridgehead atoms. The maximum Gasteiger partial charge on any atom is 0.324 e. The molecule has 0 aliphatic rings. The summed E-state index contributed by atoms with van der Waals surface area (Å²) in [5.41, 5.74) is 1.67. The van der Waals surface area contributed by atoms with Gasteiger partial charge in [0.15, 0.2) is 0 Å². The Labute approximate surface area is 113 Å². The molecule has 2 heterocycles. The zero-order valence-electron chi connectivity index (χ0n) is 9.51. The molecular weight excluding hydrogens is 274 g/mol. The number of thiophene rings is 1. The monoisotopic (exact) mass is 283 g/mol. The van der Waals surface area contributed by atoms with Crippen molar-refractivity contribution in [2.24, 2.45) is 0 Å². The van der Waals surface area contributed by atoms with Gasteiger partial charge < -0.3 is 5.32 Å². The highest BCUT2D eigenvalue weighted by molar-refractivity contribution is 7.15. The summed E-state index contributed by atoms with van der Waals surface area (Å²) in [6.45, 7) is 2.38. The predicted molar refractivity (Wildman–Crippen MR) is 72.3 cm³/mol. The molecule has 2 rings (SSSR count). The summed E-state index contributed by atoms with van der Waals surface area (Å²) in [5.74, 6) is 0.